The number of rotatable bonds is 7. The molecule has 0 radical (unpaired) electrons. The van der Waals surface area contributed by atoms with Crippen LogP contribution in [-0.2, 0) is 6.54 Å². The third-order valence-electron chi connectivity index (χ3n) is 3.39. The molecule has 1 nitrogen and oxygen atoms in total. The van der Waals surface area contributed by atoms with Gasteiger partial charge in [0.25, 0.3) is 0 Å². The number of hydrogen-bond donors (Lipinski definition) is 1. The normalized spacial score (nSPS) is 15.7. The molecule has 1 N–H and O–H groups in total. The lowest BCUT2D eigenvalue weighted by molar-refractivity contribution is -0.135. The molecular formula is C15H20F3N. The van der Waals surface area contributed by atoms with Crippen molar-refractivity contribution >= 4 is 0 Å². The monoisotopic (exact) mass is 271 g/mol. The lowest BCUT2D eigenvalue weighted by Crippen LogP contribution is -2.16. The topological polar surface area (TPSA) is 12.0 Å². The molecule has 0 saturated heterocycles. The third kappa shape index (κ3) is 5.64. The average Bonchev–Trinajstić information content (AvgIpc) is 3.17. The number of unbranched alkanes of at least 4 members (excludes halogenated alkanes) is 1. The van der Waals surface area contributed by atoms with E-state index in [0.717, 1.165) is 12.5 Å². The molecule has 4 heteroatoms. The van der Waals surface area contributed by atoms with Crippen LogP contribution in [0.1, 0.15) is 49.1 Å². The maximum atomic E-state index is 11.9. The summed E-state index contributed by atoms with van der Waals surface area (Å²) in [6.07, 6.45) is -1.34. The molecule has 106 valence electrons. The Labute approximate surface area is 112 Å². The Kier molecular flexibility index (Phi) is 4.86. The second-order valence-corrected chi connectivity index (χ2v) is 5.27. The number of nitrogens with one attached hydrogen (secondary N) is 1. The van der Waals surface area contributed by atoms with Gasteiger partial charge < -0.3 is 5.32 Å². The predicted molar refractivity (Wildman–Crippen MR) is 70.0 cm³/mol. The van der Waals surface area contributed by atoms with Gasteiger partial charge in [0.15, 0.2) is 0 Å². The number of alkyl halides is 3. The standard InChI is InChI=1S/C15H20F3N/c16-15(17,18)8-1-2-9-19-11-12-4-3-5-14(10-12)13-6-7-13/h3-5,10,13,19H,1-2,6-9,11H2. The van der Waals surface area contributed by atoms with E-state index < -0.39 is 12.6 Å². The SMILES string of the molecule is FC(F)(F)CCCCNCc1cccc(C2CC2)c1. The van der Waals surface area contributed by atoms with E-state index in [1.807, 2.05) is 0 Å². The van der Waals surface area contributed by atoms with Crippen LogP contribution < -0.4 is 5.32 Å². The van der Waals surface area contributed by atoms with Crippen molar-refractivity contribution in [2.24, 2.45) is 0 Å². The lowest BCUT2D eigenvalue weighted by Gasteiger charge is -2.08. The summed E-state index contributed by atoms with van der Waals surface area (Å²) in [4.78, 5) is 0. The molecule has 0 heterocycles. The molecule has 0 aromatic heterocycles. The maximum absolute atomic E-state index is 11.9. The molecule has 0 spiro atoms. The van der Waals surface area contributed by atoms with Gasteiger partial charge in [-0.2, -0.15) is 13.2 Å². The van der Waals surface area contributed by atoms with Crippen molar-refractivity contribution in [2.45, 2.75) is 50.7 Å². The molecule has 1 aliphatic rings. The van der Waals surface area contributed by atoms with Crippen LogP contribution in [0.15, 0.2) is 24.3 Å². The van der Waals surface area contributed by atoms with Crippen LogP contribution in [0.5, 0.6) is 0 Å². The molecule has 2 rings (SSSR count). The molecular weight excluding hydrogens is 251 g/mol. The first kappa shape index (κ1) is 14.4. The van der Waals surface area contributed by atoms with Gasteiger partial charge in [0, 0.05) is 13.0 Å². The molecule has 0 amide bonds. The summed E-state index contributed by atoms with van der Waals surface area (Å²) < 4.78 is 35.8. The van der Waals surface area contributed by atoms with Crippen molar-refractivity contribution in [3.05, 3.63) is 35.4 Å². The first-order chi connectivity index (χ1) is 9.04. The zero-order valence-corrected chi connectivity index (χ0v) is 11.0. The maximum Gasteiger partial charge on any atom is 0.389 e. The molecule has 0 atom stereocenters. The highest BCUT2D eigenvalue weighted by Crippen LogP contribution is 2.40. The molecule has 1 aliphatic carbocycles. The van der Waals surface area contributed by atoms with Gasteiger partial charge in [0.1, 0.15) is 0 Å². The Morgan fingerprint density at radius 1 is 1.16 bits per heavy atom. The van der Waals surface area contributed by atoms with E-state index in [0.29, 0.717) is 13.0 Å². The zero-order valence-electron chi connectivity index (χ0n) is 11.0. The predicted octanol–water partition coefficient (Wildman–Crippen LogP) is 4.39. The highest BCUT2D eigenvalue weighted by molar-refractivity contribution is 5.29. The molecule has 1 saturated carbocycles. The Hall–Kier alpha value is -1.03. The fourth-order valence-corrected chi connectivity index (χ4v) is 2.18. The van der Waals surface area contributed by atoms with Gasteiger partial charge in [-0.05, 0) is 49.3 Å². The smallest absolute Gasteiger partial charge is 0.313 e. The van der Waals surface area contributed by atoms with E-state index in [-0.39, 0.29) is 6.42 Å². The van der Waals surface area contributed by atoms with E-state index in [1.165, 1.54) is 24.0 Å². The van der Waals surface area contributed by atoms with Crippen LogP contribution in [0.25, 0.3) is 0 Å². The van der Waals surface area contributed by atoms with Gasteiger partial charge in [-0.1, -0.05) is 24.3 Å². The Balaban J connectivity index is 1.61. The highest BCUT2D eigenvalue weighted by Gasteiger charge is 2.25. The molecule has 0 bridgehead atoms. The van der Waals surface area contributed by atoms with Crippen molar-refractivity contribution < 1.29 is 13.2 Å². The molecule has 0 aliphatic heterocycles. The Bertz CT molecular complexity index is 397. The molecule has 1 aromatic carbocycles. The highest BCUT2D eigenvalue weighted by atomic mass is 19.4. The van der Waals surface area contributed by atoms with E-state index >= 15 is 0 Å². The minimum Gasteiger partial charge on any atom is -0.313 e. The van der Waals surface area contributed by atoms with Gasteiger partial charge in [0.05, 0.1) is 0 Å². The van der Waals surface area contributed by atoms with Gasteiger partial charge >= 0.3 is 6.18 Å². The minimum absolute atomic E-state index is 0.207. The summed E-state index contributed by atoms with van der Waals surface area (Å²) in [6.45, 7) is 1.39. The van der Waals surface area contributed by atoms with Crippen LogP contribution in [-0.4, -0.2) is 12.7 Å². The fraction of sp³-hybridized carbons (Fsp3) is 0.600. The van der Waals surface area contributed by atoms with Crippen LogP contribution in [0.3, 0.4) is 0 Å². The molecule has 1 fully saturated rings. The van der Waals surface area contributed by atoms with Crippen molar-refractivity contribution in [3.8, 4) is 0 Å². The molecule has 0 unspecified atom stereocenters. The summed E-state index contributed by atoms with van der Waals surface area (Å²) in [5.74, 6) is 0.742. The number of halogens is 3. The third-order valence-corrected chi connectivity index (χ3v) is 3.39. The summed E-state index contributed by atoms with van der Waals surface area (Å²) in [7, 11) is 0. The Morgan fingerprint density at radius 2 is 1.95 bits per heavy atom. The van der Waals surface area contributed by atoms with Crippen molar-refractivity contribution in [2.75, 3.05) is 6.54 Å². The van der Waals surface area contributed by atoms with E-state index in [2.05, 4.69) is 29.6 Å². The van der Waals surface area contributed by atoms with Crippen molar-refractivity contribution in [3.63, 3.8) is 0 Å². The summed E-state index contributed by atoms with van der Waals surface area (Å²) in [5, 5.41) is 3.21. The first-order valence-electron chi connectivity index (χ1n) is 6.91. The van der Waals surface area contributed by atoms with Gasteiger partial charge in [-0.15, -0.1) is 0 Å². The summed E-state index contributed by atoms with van der Waals surface area (Å²) in [5.41, 5.74) is 2.62. The quantitative estimate of drug-likeness (QED) is 0.725. The van der Waals surface area contributed by atoms with Crippen LogP contribution in [0.4, 0.5) is 13.2 Å². The van der Waals surface area contributed by atoms with E-state index in [9.17, 15) is 13.2 Å². The van der Waals surface area contributed by atoms with E-state index in [4.69, 9.17) is 0 Å². The van der Waals surface area contributed by atoms with Crippen LogP contribution in [0.2, 0.25) is 0 Å². The van der Waals surface area contributed by atoms with Crippen molar-refractivity contribution in [1.82, 2.24) is 5.32 Å². The second kappa shape index (κ2) is 6.42. The first-order valence-corrected chi connectivity index (χ1v) is 6.91. The summed E-state index contributed by atoms with van der Waals surface area (Å²) >= 11 is 0. The van der Waals surface area contributed by atoms with Crippen molar-refractivity contribution in [1.29, 1.82) is 0 Å². The lowest BCUT2D eigenvalue weighted by atomic mass is 10.1. The zero-order chi connectivity index (χ0) is 13.7. The molecule has 19 heavy (non-hydrogen) atoms. The average molecular weight is 271 g/mol. The second-order valence-electron chi connectivity index (χ2n) is 5.27. The van der Waals surface area contributed by atoms with Gasteiger partial charge in [-0.25, -0.2) is 0 Å². The largest absolute Gasteiger partial charge is 0.389 e. The number of benzene rings is 1. The Morgan fingerprint density at radius 3 is 2.63 bits per heavy atom. The number of hydrogen-bond acceptors (Lipinski definition) is 1. The van der Waals surface area contributed by atoms with Crippen LogP contribution >= 0.6 is 0 Å². The minimum atomic E-state index is -4.02. The van der Waals surface area contributed by atoms with Gasteiger partial charge in [0.2, 0.25) is 0 Å². The van der Waals surface area contributed by atoms with Crippen LogP contribution in [0, 0.1) is 0 Å². The molecule has 1 aromatic rings. The fourth-order valence-electron chi connectivity index (χ4n) is 2.18. The summed E-state index contributed by atoms with van der Waals surface area (Å²) in [6, 6.07) is 8.49. The van der Waals surface area contributed by atoms with E-state index in [1.54, 1.807) is 0 Å². The van der Waals surface area contributed by atoms with Gasteiger partial charge in [-0.3, -0.25) is 0 Å².